The number of amides is 2. The van der Waals surface area contributed by atoms with Gasteiger partial charge in [-0.2, -0.15) is 0 Å². The molecular formula is C24H22ClN3O5S. The first-order valence-corrected chi connectivity index (χ1v) is 10.7. The number of anilines is 2. The molecule has 0 bridgehead atoms. The molecule has 0 unspecified atom stereocenters. The number of ether oxygens (including phenoxy) is 3. The van der Waals surface area contributed by atoms with Gasteiger partial charge in [0.05, 0.1) is 37.6 Å². The number of carbonyl (C=O) groups is 2. The van der Waals surface area contributed by atoms with Crippen LogP contribution in [-0.2, 0) is 0 Å². The van der Waals surface area contributed by atoms with Crippen LogP contribution in [0.5, 0.6) is 17.2 Å². The van der Waals surface area contributed by atoms with E-state index in [1.807, 2.05) is 0 Å². The molecule has 3 rings (SSSR count). The molecular weight excluding hydrogens is 478 g/mol. The van der Waals surface area contributed by atoms with E-state index in [0.29, 0.717) is 39.2 Å². The third-order valence-corrected chi connectivity index (χ3v) is 5.24. The fraction of sp³-hybridized carbons (Fsp3) is 0.125. The lowest BCUT2D eigenvalue weighted by Crippen LogP contribution is -2.34. The van der Waals surface area contributed by atoms with Crippen molar-refractivity contribution >= 4 is 52.1 Å². The Balaban J connectivity index is 1.72. The molecule has 0 heterocycles. The van der Waals surface area contributed by atoms with Crippen LogP contribution in [0.1, 0.15) is 20.7 Å². The van der Waals surface area contributed by atoms with E-state index < -0.39 is 5.91 Å². The third kappa shape index (κ3) is 5.75. The van der Waals surface area contributed by atoms with Gasteiger partial charge in [-0.1, -0.05) is 29.8 Å². The molecule has 0 radical (unpaired) electrons. The Morgan fingerprint density at radius 3 is 2.06 bits per heavy atom. The normalized spacial score (nSPS) is 10.1. The Bertz CT molecular complexity index is 1210. The van der Waals surface area contributed by atoms with Crippen molar-refractivity contribution in [3.05, 3.63) is 76.8 Å². The molecule has 0 saturated carbocycles. The lowest BCUT2D eigenvalue weighted by molar-refractivity contribution is 0.0970. The summed E-state index contributed by atoms with van der Waals surface area (Å²) in [7, 11) is 4.39. The minimum absolute atomic E-state index is 0.0489. The first-order valence-electron chi connectivity index (χ1n) is 9.95. The van der Waals surface area contributed by atoms with Crippen molar-refractivity contribution in [2.75, 3.05) is 32.0 Å². The number of halogens is 1. The van der Waals surface area contributed by atoms with E-state index in [1.54, 1.807) is 60.7 Å². The van der Waals surface area contributed by atoms with E-state index in [9.17, 15) is 9.59 Å². The Morgan fingerprint density at radius 1 is 0.794 bits per heavy atom. The molecule has 3 aromatic rings. The molecule has 0 atom stereocenters. The second kappa shape index (κ2) is 11.4. The lowest BCUT2D eigenvalue weighted by Gasteiger charge is -2.16. The second-order valence-corrected chi connectivity index (χ2v) is 7.61. The van der Waals surface area contributed by atoms with Crippen LogP contribution >= 0.6 is 23.8 Å². The molecule has 0 aliphatic carbocycles. The van der Waals surface area contributed by atoms with Gasteiger partial charge >= 0.3 is 0 Å². The highest BCUT2D eigenvalue weighted by Gasteiger charge is 2.19. The summed E-state index contributed by atoms with van der Waals surface area (Å²) in [5.74, 6) is 0.200. The van der Waals surface area contributed by atoms with Crippen molar-refractivity contribution in [1.82, 2.24) is 5.32 Å². The molecule has 0 aliphatic rings. The molecule has 3 aromatic carbocycles. The molecule has 176 valence electrons. The number of methoxy groups -OCH3 is 3. The van der Waals surface area contributed by atoms with Gasteiger partial charge in [0.1, 0.15) is 22.8 Å². The standard InChI is InChI=1S/C24H22ClN3O5S/c1-31-18-9-6-10-19(32-2)21(18)23(30)28-24(34)26-14-11-12-17(20(13-14)33-3)27-22(29)15-7-4-5-8-16(15)25/h4-13H,1-3H3,(H,27,29)(H2,26,28,30,34). The van der Waals surface area contributed by atoms with Gasteiger partial charge < -0.3 is 24.8 Å². The van der Waals surface area contributed by atoms with Gasteiger partial charge in [0, 0.05) is 11.8 Å². The number of nitrogens with one attached hydrogen (secondary N) is 3. The van der Waals surface area contributed by atoms with Crippen LogP contribution in [0.15, 0.2) is 60.7 Å². The molecule has 10 heteroatoms. The Hall–Kier alpha value is -3.82. The first-order chi connectivity index (χ1) is 16.4. The number of hydrogen-bond donors (Lipinski definition) is 3. The van der Waals surface area contributed by atoms with E-state index >= 15 is 0 Å². The number of carbonyl (C=O) groups excluding carboxylic acids is 2. The molecule has 0 aromatic heterocycles. The van der Waals surface area contributed by atoms with E-state index in [1.165, 1.54) is 21.3 Å². The van der Waals surface area contributed by atoms with Crippen LogP contribution in [0.2, 0.25) is 5.02 Å². The summed E-state index contributed by atoms with van der Waals surface area (Å²) in [6.45, 7) is 0. The topological polar surface area (TPSA) is 97.9 Å². The largest absolute Gasteiger partial charge is 0.496 e. The maximum Gasteiger partial charge on any atom is 0.264 e. The maximum absolute atomic E-state index is 12.8. The van der Waals surface area contributed by atoms with Crippen LogP contribution < -0.4 is 30.2 Å². The maximum atomic E-state index is 12.8. The van der Waals surface area contributed by atoms with Crippen LogP contribution in [0.4, 0.5) is 11.4 Å². The zero-order valence-corrected chi connectivity index (χ0v) is 20.2. The van der Waals surface area contributed by atoms with Crippen molar-refractivity contribution in [2.24, 2.45) is 0 Å². The highest BCUT2D eigenvalue weighted by Crippen LogP contribution is 2.30. The van der Waals surface area contributed by atoms with Crippen molar-refractivity contribution < 1.29 is 23.8 Å². The van der Waals surface area contributed by atoms with E-state index in [2.05, 4.69) is 16.0 Å². The minimum atomic E-state index is -0.498. The summed E-state index contributed by atoms with van der Waals surface area (Å²) < 4.78 is 15.9. The SMILES string of the molecule is COc1cc(NC(=S)NC(=O)c2c(OC)cccc2OC)ccc1NC(=O)c1ccccc1Cl. The zero-order chi connectivity index (χ0) is 24.7. The average molecular weight is 500 g/mol. The second-order valence-electron chi connectivity index (χ2n) is 6.79. The Morgan fingerprint density at radius 2 is 1.44 bits per heavy atom. The molecule has 0 spiro atoms. The molecule has 0 saturated heterocycles. The Kier molecular flexibility index (Phi) is 8.29. The van der Waals surface area contributed by atoms with Crippen molar-refractivity contribution in [2.45, 2.75) is 0 Å². The van der Waals surface area contributed by atoms with Gasteiger partial charge in [0.2, 0.25) is 0 Å². The van der Waals surface area contributed by atoms with Crippen LogP contribution in [0.3, 0.4) is 0 Å². The van der Waals surface area contributed by atoms with Crippen LogP contribution in [0, 0.1) is 0 Å². The average Bonchev–Trinajstić information content (AvgIpc) is 2.84. The molecule has 0 aliphatic heterocycles. The van der Waals surface area contributed by atoms with Crippen LogP contribution in [-0.4, -0.2) is 38.3 Å². The number of thiocarbonyl (C=S) groups is 1. The molecule has 8 nitrogen and oxygen atoms in total. The molecule has 3 N–H and O–H groups in total. The van der Waals surface area contributed by atoms with Gasteiger partial charge in [0.15, 0.2) is 5.11 Å². The summed E-state index contributed by atoms with van der Waals surface area (Å²) in [6.07, 6.45) is 0. The van der Waals surface area contributed by atoms with Gasteiger partial charge in [-0.15, -0.1) is 0 Å². The van der Waals surface area contributed by atoms with Gasteiger partial charge in [-0.3, -0.25) is 14.9 Å². The number of benzene rings is 3. The predicted octanol–water partition coefficient (Wildman–Crippen LogP) is 4.74. The molecule has 0 fully saturated rings. The summed E-state index contributed by atoms with van der Waals surface area (Å²) in [4.78, 5) is 25.4. The minimum Gasteiger partial charge on any atom is -0.496 e. The van der Waals surface area contributed by atoms with E-state index in [-0.39, 0.29) is 16.6 Å². The molecule has 34 heavy (non-hydrogen) atoms. The number of rotatable bonds is 7. The zero-order valence-electron chi connectivity index (χ0n) is 18.6. The van der Waals surface area contributed by atoms with Crippen molar-refractivity contribution in [3.63, 3.8) is 0 Å². The van der Waals surface area contributed by atoms with Crippen LogP contribution in [0.25, 0.3) is 0 Å². The van der Waals surface area contributed by atoms with E-state index in [4.69, 9.17) is 38.0 Å². The van der Waals surface area contributed by atoms with Gasteiger partial charge in [-0.05, 0) is 48.6 Å². The summed E-state index contributed by atoms with van der Waals surface area (Å²) in [5.41, 5.74) is 1.52. The monoisotopic (exact) mass is 499 g/mol. The first kappa shape index (κ1) is 24.8. The predicted molar refractivity (Wildman–Crippen MR) is 136 cm³/mol. The fourth-order valence-electron chi connectivity index (χ4n) is 3.11. The van der Waals surface area contributed by atoms with Gasteiger partial charge in [-0.25, -0.2) is 0 Å². The summed E-state index contributed by atoms with van der Waals surface area (Å²) >= 11 is 11.4. The summed E-state index contributed by atoms with van der Waals surface area (Å²) in [6, 6.07) is 16.7. The van der Waals surface area contributed by atoms with E-state index in [0.717, 1.165) is 0 Å². The quantitative estimate of drug-likeness (QED) is 0.404. The third-order valence-electron chi connectivity index (χ3n) is 4.71. The highest BCUT2D eigenvalue weighted by molar-refractivity contribution is 7.80. The number of hydrogen-bond acceptors (Lipinski definition) is 6. The summed E-state index contributed by atoms with van der Waals surface area (Å²) in [5, 5.41) is 8.68. The van der Waals surface area contributed by atoms with Crippen molar-refractivity contribution in [1.29, 1.82) is 0 Å². The lowest BCUT2D eigenvalue weighted by atomic mass is 10.1. The Labute approximate surface area is 207 Å². The smallest absolute Gasteiger partial charge is 0.264 e. The van der Waals surface area contributed by atoms with Crippen molar-refractivity contribution in [3.8, 4) is 17.2 Å². The fourth-order valence-corrected chi connectivity index (χ4v) is 3.54. The van der Waals surface area contributed by atoms with Gasteiger partial charge in [0.25, 0.3) is 11.8 Å². The molecule has 2 amide bonds. The highest BCUT2D eigenvalue weighted by atomic mass is 35.5.